The van der Waals surface area contributed by atoms with E-state index in [-0.39, 0.29) is 65.6 Å². The third-order valence-corrected chi connectivity index (χ3v) is 12.9. The molecule has 2 aliphatic heterocycles. The molecule has 0 saturated carbocycles. The lowest BCUT2D eigenvalue weighted by molar-refractivity contribution is -0.130. The molecular weight excluding hydrogens is 893 g/mol. The predicted octanol–water partition coefficient (Wildman–Crippen LogP) is 7.96. The molecule has 2 saturated heterocycles. The lowest BCUT2D eigenvalue weighted by Gasteiger charge is -2.34. The molecule has 70 heavy (non-hydrogen) atoms. The number of carbonyl (C=O) groups is 3. The largest absolute Gasteiger partial charge is 0.490 e. The van der Waals surface area contributed by atoms with Crippen molar-refractivity contribution < 1.29 is 43.8 Å². The minimum absolute atomic E-state index is 0.0265. The molecule has 0 bridgehead atoms. The first-order chi connectivity index (χ1) is 33.7. The van der Waals surface area contributed by atoms with Crippen LogP contribution in [0.2, 0.25) is 0 Å². The van der Waals surface area contributed by atoms with Crippen molar-refractivity contribution in [3.8, 4) is 46.5 Å². The van der Waals surface area contributed by atoms with Gasteiger partial charge in [0, 0.05) is 42.6 Å². The van der Waals surface area contributed by atoms with Crippen molar-refractivity contribution in [2.45, 2.75) is 104 Å². The summed E-state index contributed by atoms with van der Waals surface area (Å²) in [6.07, 6.45) is 5.65. The number of benzene rings is 4. The highest BCUT2D eigenvalue weighted by Crippen LogP contribution is 2.48. The number of hydrogen-bond acceptors (Lipinski definition) is 13. The summed E-state index contributed by atoms with van der Waals surface area (Å²) in [4.78, 5) is 43.9. The summed E-state index contributed by atoms with van der Waals surface area (Å²) in [6, 6.07) is 25.6. The summed E-state index contributed by atoms with van der Waals surface area (Å²) in [5.74, 6) is 1.85. The number of aliphatic hydroxyl groups excluding tert-OH is 1. The second-order valence-electron chi connectivity index (χ2n) is 18.2. The topological polar surface area (TPSA) is 262 Å². The average Bonchev–Trinajstić information content (AvgIpc) is 4.06. The molecule has 3 heterocycles. The van der Waals surface area contributed by atoms with E-state index in [9.17, 15) is 24.8 Å². The van der Waals surface area contributed by atoms with E-state index < -0.39 is 5.97 Å². The number of hydrogen-bond donors (Lipinski definition) is 4. The van der Waals surface area contributed by atoms with Gasteiger partial charge in [-0.25, -0.2) is 4.79 Å². The number of ether oxygens (including phenoxy) is 2. The Morgan fingerprint density at radius 3 is 1.99 bits per heavy atom. The molecule has 2 amide bonds. The number of β-amino-alcohol motifs (C(OH)–C–C–N with tert-alkyl or cyclic N) is 1. The van der Waals surface area contributed by atoms with Crippen LogP contribution in [0.3, 0.4) is 0 Å². The number of nitriles is 2. The molecule has 4 unspecified atom stereocenters. The van der Waals surface area contributed by atoms with E-state index in [1.165, 1.54) is 23.8 Å². The van der Waals surface area contributed by atoms with Crippen LogP contribution in [0.15, 0.2) is 82.5 Å². The molecule has 0 radical (unpaired) electrons. The van der Waals surface area contributed by atoms with Crippen LogP contribution in [-0.2, 0) is 22.4 Å². The summed E-state index contributed by atoms with van der Waals surface area (Å²) >= 11 is 0. The number of rotatable bonds is 12. The fourth-order valence-corrected chi connectivity index (χ4v) is 10.1. The molecule has 4 aromatic carbocycles. The number of oxime groups is 1. The minimum Gasteiger partial charge on any atom is -0.490 e. The number of carboxylic acid groups (broad SMARTS) is 1. The van der Waals surface area contributed by atoms with Crippen LogP contribution in [0, 0.1) is 34.5 Å². The maximum atomic E-state index is 12.5. The number of aromatic nitrogens is 2. The van der Waals surface area contributed by atoms with Crippen molar-refractivity contribution in [1.29, 1.82) is 10.5 Å². The predicted molar refractivity (Wildman–Crippen MR) is 258 cm³/mol. The first-order valence-electron chi connectivity index (χ1n) is 23.6. The Kier molecular flexibility index (Phi) is 15.8. The van der Waals surface area contributed by atoms with E-state index in [1.807, 2.05) is 62.9 Å². The maximum absolute atomic E-state index is 12.5. The van der Waals surface area contributed by atoms with E-state index in [0.29, 0.717) is 59.6 Å². The SMILES string of the molecule is CC(C)Oc1ccc(-c2nc(-c3cccc4c3CCC3CC(=O)N(CCO)C43)no2)cc1C#N.CC(C)Oc1ccc(C(=O)O)cc1C#N.CCCN1C(=O)CC2CCc3c(C(N)=NO)cccc3C21. The van der Waals surface area contributed by atoms with E-state index in [2.05, 4.69) is 40.4 Å². The molecule has 0 spiro atoms. The normalized spacial score (nSPS) is 18.9. The molecular formula is C53H58N8O9. The fraction of sp³-hybridized carbons (Fsp3) is 0.396. The van der Waals surface area contributed by atoms with Gasteiger partial charge in [0.25, 0.3) is 5.89 Å². The molecule has 4 atom stereocenters. The Labute approximate surface area is 406 Å². The number of fused-ring (bicyclic) bond motifs is 6. The van der Waals surface area contributed by atoms with Crippen molar-refractivity contribution >= 4 is 23.6 Å². The fourth-order valence-electron chi connectivity index (χ4n) is 10.1. The van der Waals surface area contributed by atoms with Gasteiger partial charge in [0.1, 0.15) is 23.6 Å². The molecule has 5 N–H and O–H groups in total. The number of aromatic carboxylic acids is 1. The highest BCUT2D eigenvalue weighted by atomic mass is 16.5. The summed E-state index contributed by atoms with van der Waals surface area (Å²) in [5.41, 5.74) is 13.4. The van der Waals surface area contributed by atoms with Crippen LogP contribution >= 0.6 is 0 Å². The number of likely N-dealkylation sites (tertiary alicyclic amines) is 2. The lowest BCUT2D eigenvalue weighted by Crippen LogP contribution is -2.33. The molecule has 5 aromatic rings. The quantitative estimate of drug-likeness (QED) is 0.0400. The summed E-state index contributed by atoms with van der Waals surface area (Å²) in [5, 5.41) is 52.9. The number of amides is 2. The van der Waals surface area contributed by atoms with Crippen molar-refractivity contribution in [3.63, 3.8) is 0 Å². The zero-order valence-corrected chi connectivity index (χ0v) is 40.0. The van der Waals surface area contributed by atoms with Gasteiger partial charge < -0.3 is 45.0 Å². The van der Waals surface area contributed by atoms with Gasteiger partial charge >= 0.3 is 5.97 Å². The number of amidine groups is 1. The highest BCUT2D eigenvalue weighted by molar-refractivity contribution is 5.99. The molecule has 364 valence electrons. The lowest BCUT2D eigenvalue weighted by atomic mass is 9.78. The van der Waals surface area contributed by atoms with Crippen LogP contribution in [0.5, 0.6) is 11.5 Å². The first-order valence-corrected chi connectivity index (χ1v) is 23.6. The molecule has 2 aliphatic carbocycles. The molecule has 9 rings (SSSR count). The van der Waals surface area contributed by atoms with Gasteiger partial charge in [-0.2, -0.15) is 15.5 Å². The second-order valence-corrected chi connectivity index (χ2v) is 18.2. The Morgan fingerprint density at radius 2 is 1.41 bits per heavy atom. The van der Waals surface area contributed by atoms with Crippen molar-refractivity contribution in [1.82, 2.24) is 19.9 Å². The van der Waals surface area contributed by atoms with Crippen LogP contribution < -0.4 is 15.2 Å². The Bertz CT molecular complexity index is 2860. The van der Waals surface area contributed by atoms with Crippen LogP contribution in [0.25, 0.3) is 22.8 Å². The maximum Gasteiger partial charge on any atom is 0.335 e. The summed E-state index contributed by atoms with van der Waals surface area (Å²) in [7, 11) is 0. The van der Waals surface area contributed by atoms with Crippen LogP contribution in [-0.4, -0.2) is 90.9 Å². The summed E-state index contributed by atoms with van der Waals surface area (Å²) in [6.45, 7) is 10.7. The number of carboxylic acids is 1. The van der Waals surface area contributed by atoms with Gasteiger partial charge in [0.05, 0.1) is 47.6 Å². The smallest absolute Gasteiger partial charge is 0.335 e. The van der Waals surface area contributed by atoms with Crippen molar-refractivity contribution in [2.75, 3.05) is 19.7 Å². The zero-order chi connectivity index (χ0) is 50.2. The number of aliphatic hydroxyl groups is 1. The highest BCUT2D eigenvalue weighted by Gasteiger charge is 2.45. The van der Waals surface area contributed by atoms with Gasteiger partial charge in [0.15, 0.2) is 5.84 Å². The molecule has 2 fully saturated rings. The molecule has 17 nitrogen and oxygen atoms in total. The van der Waals surface area contributed by atoms with E-state index in [4.69, 9.17) is 35.3 Å². The molecule has 17 heteroatoms. The monoisotopic (exact) mass is 950 g/mol. The van der Waals surface area contributed by atoms with Gasteiger partial charge in [-0.05, 0) is 130 Å². The van der Waals surface area contributed by atoms with Crippen molar-refractivity contribution in [2.24, 2.45) is 22.7 Å². The Morgan fingerprint density at radius 1 is 0.843 bits per heavy atom. The van der Waals surface area contributed by atoms with Gasteiger partial charge in [-0.1, -0.05) is 53.6 Å². The number of nitrogens with two attached hydrogens (primary N) is 1. The third-order valence-electron chi connectivity index (χ3n) is 12.9. The first kappa shape index (κ1) is 50.1. The third kappa shape index (κ3) is 10.6. The van der Waals surface area contributed by atoms with Crippen LogP contribution in [0.1, 0.15) is 128 Å². The number of carbonyl (C=O) groups excluding carboxylic acids is 2. The van der Waals surface area contributed by atoms with Gasteiger partial charge in [-0.15, -0.1) is 0 Å². The van der Waals surface area contributed by atoms with Crippen LogP contribution in [0.4, 0.5) is 0 Å². The van der Waals surface area contributed by atoms with E-state index in [1.54, 1.807) is 23.1 Å². The van der Waals surface area contributed by atoms with Crippen molar-refractivity contribution in [3.05, 3.63) is 117 Å². The average molecular weight is 951 g/mol. The zero-order valence-electron chi connectivity index (χ0n) is 40.0. The Balaban J connectivity index is 0.000000171. The Hall–Kier alpha value is -7.76. The standard InChI is InChI=1S/C26H26N4O4.C16H21N3O2.C11H11NO3/c1-15(2)33-22-9-7-17(12-18(22)14-27)26-28-25(29-34-26)21-5-3-4-20-19(21)8-6-16-13-23(32)30(10-11-31)24(16)20;1-2-8-19-14(20)9-10-6-7-11-12(15(10)19)4-3-5-13(11)16(17)18-21;1-7(2)15-10-4-3-8(11(13)14)5-9(10)6-12/h3-5,7,9,12,15-16,24,31H,6,8,10-11,13H2,1-2H3;3-5,10,15,21H,2,6-9H2,1H3,(H2,17,18);3-5,7H,1-2H3,(H,13,14). The van der Waals surface area contributed by atoms with E-state index in [0.717, 1.165) is 66.5 Å². The molecule has 4 aliphatic rings. The van der Waals surface area contributed by atoms with Gasteiger partial charge in [-0.3, -0.25) is 9.59 Å². The molecule has 1 aromatic heterocycles. The van der Waals surface area contributed by atoms with Gasteiger partial charge in [0.2, 0.25) is 17.6 Å². The minimum atomic E-state index is -1.05. The summed E-state index contributed by atoms with van der Waals surface area (Å²) < 4.78 is 16.6. The second kappa shape index (κ2) is 22.1. The number of nitrogens with zero attached hydrogens (tertiary/aromatic N) is 7. The van der Waals surface area contributed by atoms with E-state index >= 15 is 0 Å².